The molecule has 2 rings (SSSR count). The summed E-state index contributed by atoms with van der Waals surface area (Å²) in [5.74, 6) is 0.239. The molecular weight excluding hydrogens is 270 g/mol. The third-order valence-corrected chi connectivity index (χ3v) is 2.90. The fraction of sp³-hybridized carbons (Fsp3) is 0.364. The van der Waals surface area contributed by atoms with E-state index in [-0.39, 0.29) is 16.8 Å². The lowest BCUT2D eigenvalue weighted by molar-refractivity contribution is -0.385. The van der Waals surface area contributed by atoms with Crippen molar-refractivity contribution < 1.29 is 4.92 Å². The molecule has 0 spiro atoms. The Bertz CT molecular complexity index is 621. The smallest absolute Gasteiger partial charge is 0.258 e. The van der Waals surface area contributed by atoms with Crippen molar-refractivity contribution in [1.29, 1.82) is 0 Å². The minimum Gasteiger partial charge on any atom is -0.258 e. The Morgan fingerprint density at radius 3 is 2.47 bits per heavy atom. The zero-order valence-electron chi connectivity index (χ0n) is 10.7. The van der Waals surface area contributed by atoms with Gasteiger partial charge in [0.25, 0.3) is 0 Å². The molecule has 0 amide bonds. The SMILES string of the molecule is Cc1ccc(-n2nc(C(C)C)c([N+](=O)[O-])c2Cl)nn1. The van der Waals surface area contributed by atoms with Crippen molar-refractivity contribution in [2.75, 3.05) is 0 Å². The van der Waals surface area contributed by atoms with Crippen LogP contribution in [-0.4, -0.2) is 24.9 Å². The molecule has 0 aliphatic rings. The Morgan fingerprint density at radius 1 is 1.37 bits per heavy atom. The first-order valence-corrected chi connectivity index (χ1v) is 6.03. The van der Waals surface area contributed by atoms with Crippen molar-refractivity contribution in [1.82, 2.24) is 20.0 Å². The maximum absolute atomic E-state index is 11.1. The third kappa shape index (κ3) is 2.41. The van der Waals surface area contributed by atoms with Crippen LogP contribution in [-0.2, 0) is 0 Å². The summed E-state index contributed by atoms with van der Waals surface area (Å²) in [7, 11) is 0. The predicted molar refractivity (Wildman–Crippen MR) is 69.6 cm³/mol. The van der Waals surface area contributed by atoms with Crippen molar-refractivity contribution in [3.8, 4) is 5.82 Å². The zero-order valence-corrected chi connectivity index (χ0v) is 11.4. The highest BCUT2D eigenvalue weighted by Crippen LogP contribution is 2.34. The van der Waals surface area contributed by atoms with Crippen LogP contribution in [0.5, 0.6) is 0 Å². The van der Waals surface area contributed by atoms with E-state index in [0.717, 1.165) is 5.69 Å². The minimum absolute atomic E-state index is 0.0631. The molecule has 0 saturated heterocycles. The molecule has 0 bridgehead atoms. The number of aromatic nitrogens is 4. The van der Waals surface area contributed by atoms with E-state index in [9.17, 15) is 10.1 Å². The lowest BCUT2D eigenvalue weighted by atomic mass is 10.1. The molecule has 0 aliphatic carbocycles. The third-order valence-electron chi connectivity index (χ3n) is 2.56. The number of rotatable bonds is 3. The van der Waals surface area contributed by atoms with Crippen LogP contribution in [0.15, 0.2) is 12.1 Å². The first kappa shape index (κ1) is 13.4. The Balaban J connectivity index is 2.62. The van der Waals surface area contributed by atoms with Crippen molar-refractivity contribution >= 4 is 17.3 Å². The van der Waals surface area contributed by atoms with Gasteiger partial charge in [0.15, 0.2) is 5.82 Å². The van der Waals surface area contributed by atoms with E-state index in [1.54, 1.807) is 19.1 Å². The highest BCUT2D eigenvalue weighted by atomic mass is 35.5. The van der Waals surface area contributed by atoms with Gasteiger partial charge in [-0.1, -0.05) is 25.4 Å². The van der Waals surface area contributed by atoms with Gasteiger partial charge >= 0.3 is 5.69 Å². The number of nitrogens with zero attached hydrogens (tertiary/aromatic N) is 5. The van der Waals surface area contributed by atoms with Crippen molar-refractivity contribution in [3.05, 3.63) is 38.8 Å². The fourth-order valence-electron chi connectivity index (χ4n) is 1.62. The molecule has 0 fully saturated rings. The van der Waals surface area contributed by atoms with Gasteiger partial charge in [0.1, 0.15) is 5.69 Å². The second kappa shape index (κ2) is 4.93. The van der Waals surface area contributed by atoms with E-state index in [1.165, 1.54) is 4.68 Å². The number of hydrogen-bond donors (Lipinski definition) is 0. The van der Waals surface area contributed by atoms with Crippen LogP contribution in [0.2, 0.25) is 5.15 Å². The van der Waals surface area contributed by atoms with Gasteiger partial charge in [0, 0.05) is 5.92 Å². The molecule has 0 N–H and O–H groups in total. The van der Waals surface area contributed by atoms with E-state index in [1.807, 2.05) is 13.8 Å². The molecule has 2 aromatic rings. The molecule has 0 radical (unpaired) electrons. The van der Waals surface area contributed by atoms with Gasteiger partial charge in [0.05, 0.1) is 10.6 Å². The summed E-state index contributed by atoms with van der Waals surface area (Å²) in [6.07, 6.45) is 0. The van der Waals surface area contributed by atoms with E-state index < -0.39 is 4.92 Å². The maximum atomic E-state index is 11.1. The molecule has 0 aromatic carbocycles. The molecular formula is C11H12ClN5O2. The highest BCUT2D eigenvalue weighted by Gasteiger charge is 2.29. The first-order valence-electron chi connectivity index (χ1n) is 5.65. The Hall–Kier alpha value is -2.02. The summed E-state index contributed by atoms with van der Waals surface area (Å²) >= 11 is 6.03. The molecule has 7 nitrogen and oxygen atoms in total. The quantitative estimate of drug-likeness (QED) is 0.637. The van der Waals surface area contributed by atoms with Gasteiger partial charge in [-0.25, -0.2) is 0 Å². The Kier molecular flexibility index (Phi) is 3.48. The number of nitro groups is 1. The van der Waals surface area contributed by atoms with Crippen LogP contribution in [0.1, 0.15) is 31.2 Å². The molecule has 19 heavy (non-hydrogen) atoms. The molecule has 8 heteroatoms. The molecule has 100 valence electrons. The average Bonchev–Trinajstić information content (AvgIpc) is 2.68. The van der Waals surface area contributed by atoms with Crippen molar-refractivity contribution in [2.45, 2.75) is 26.7 Å². The predicted octanol–water partition coefficient (Wildman–Crippen LogP) is 2.66. The molecule has 2 heterocycles. The number of hydrogen-bond acceptors (Lipinski definition) is 5. The second-order valence-corrected chi connectivity index (χ2v) is 4.74. The fourth-order valence-corrected chi connectivity index (χ4v) is 1.91. The summed E-state index contributed by atoms with van der Waals surface area (Å²) in [6, 6.07) is 3.40. The van der Waals surface area contributed by atoms with Crippen LogP contribution in [0.4, 0.5) is 5.69 Å². The lowest BCUT2D eigenvalue weighted by Crippen LogP contribution is -2.02. The number of halogens is 1. The molecule has 0 unspecified atom stereocenters. The van der Waals surface area contributed by atoms with Gasteiger partial charge in [-0.15, -0.1) is 5.10 Å². The lowest BCUT2D eigenvalue weighted by Gasteiger charge is -2.00. The van der Waals surface area contributed by atoms with Crippen molar-refractivity contribution in [2.24, 2.45) is 0 Å². The minimum atomic E-state index is -0.525. The normalized spacial score (nSPS) is 11.0. The van der Waals surface area contributed by atoms with E-state index in [4.69, 9.17) is 11.6 Å². The summed E-state index contributed by atoms with van der Waals surface area (Å²) in [5, 5.41) is 23.0. The monoisotopic (exact) mass is 281 g/mol. The zero-order chi connectivity index (χ0) is 14.2. The van der Waals surface area contributed by atoms with Crippen LogP contribution >= 0.6 is 11.6 Å². The summed E-state index contributed by atoms with van der Waals surface area (Å²) < 4.78 is 1.24. The highest BCUT2D eigenvalue weighted by molar-refractivity contribution is 6.32. The van der Waals surface area contributed by atoms with Crippen LogP contribution in [0.3, 0.4) is 0 Å². The Morgan fingerprint density at radius 2 is 2.05 bits per heavy atom. The topological polar surface area (TPSA) is 86.7 Å². The van der Waals surface area contributed by atoms with Crippen LogP contribution in [0, 0.1) is 17.0 Å². The van der Waals surface area contributed by atoms with E-state index in [0.29, 0.717) is 11.5 Å². The molecule has 0 aliphatic heterocycles. The summed E-state index contributed by atoms with van der Waals surface area (Å²) in [5.41, 5.74) is 0.891. The van der Waals surface area contributed by atoms with Gasteiger partial charge in [-0.2, -0.15) is 14.9 Å². The molecule has 2 aromatic heterocycles. The second-order valence-electron chi connectivity index (χ2n) is 4.38. The van der Waals surface area contributed by atoms with Crippen LogP contribution in [0.25, 0.3) is 5.82 Å². The summed E-state index contributed by atoms with van der Waals surface area (Å²) in [6.45, 7) is 5.43. The maximum Gasteiger partial charge on any atom is 0.329 e. The van der Waals surface area contributed by atoms with Gasteiger partial charge in [0.2, 0.25) is 5.15 Å². The number of aryl methyl sites for hydroxylation is 1. The van der Waals surface area contributed by atoms with Gasteiger partial charge in [-0.3, -0.25) is 10.1 Å². The molecule has 0 saturated carbocycles. The first-order chi connectivity index (χ1) is 8.91. The van der Waals surface area contributed by atoms with Gasteiger partial charge in [-0.05, 0) is 19.1 Å². The van der Waals surface area contributed by atoms with E-state index in [2.05, 4.69) is 15.3 Å². The van der Waals surface area contributed by atoms with Crippen LogP contribution < -0.4 is 0 Å². The van der Waals surface area contributed by atoms with E-state index >= 15 is 0 Å². The standard InChI is InChI=1S/C11H12ClN5O2/c1-6(2)9-10(17(18)19)11(12)16(15-9)8-5-4-7(3)13-14-8/h4-6H,1-3H3. The Labute approximate surface area is 114 Å². The van der Waals surface area contributed by atoms with Crippen molar-refractivity contribution in [3.63, 3.8) is 0 Å². The largest absolute Gasteiger partial charge is 0.329 e. The average molecular weight is 282 g/mol. The summed E-state index contributed by atoms with van der Waals surface area (Å²) in [4.78, 5) is 10.6. The van der Waals surface area contributed by atoms with Gasteiger partial charge < -0.3 is 0 Å². The molecule has 0 atom stereocenters.